The van der Waals surface area contributed by atoms with Crippen LogP contribution in [0.25, 0.3) is 6.08 Å². The zero-order chi connectivity index (χ0) is 21.7. The number of amides is 3. The highest BCUT2D eigenvalue weighted by Gasteiger charge is 2.33. The summed E-state index contributed by atoms with van der Waals surface area (Å²) >= 11 is 0. The Morgan fingerprint density at radius 1 is 1.20 bits per heavy atom. The number of carboxylic acids is 1. The largest absolute Gasteiger partial charge is 0.493 e. The standard InChI is InChI=1S/C22H22N2O6/c1-3-10-24-20(25)17(23-22(24)28)12-15-7-5-9-18(29-2)19(15)30-13-14-6-4-8-16(11-14)21(26)27/h4-9,11-12H,3,10,13H2,1-2H3,(H,23,28)(H,26,27)/b17-12+. The molecule has 156 valence electrons. The van der Waals surface area contributed by atoms with Gasteiger partial charge in [-0.25, -0.2) is 9.59 Å². The van der Waals surface area contributed by atoms with Crippen molar-refractivity contribution in [3.63, 3.8) is 0 Å². The molecule has 30 heavy (non-hydrogen) atoms. The normalized spacial score (nSPS) is 14.7. The van der Waals surface area contributed by atoms with Crippen LogP contribution in [0.15, 0.2) is 48.2 Å². The molecular weight excluding hydrogens is 388 g/mol. The first-order valence-corrected chi connectivity index (χ1v) is 9.41. The third-order valence-corrected chi connectivity index (χ3v) is 4.50. The Bertz CT molecular complexity index is 1010. The number of carboxylic acid groups (broad SMARTS) is 1. The van der Waals surface area contributed by atoms with Gasteiger partial charge in [-0.3, -0.25) is 9.69 Å². The van der Waals surface area contributed by atoms with Crippen LogP contribution in [-0.4, -0.2) is 41.6 Å². The van der Waals surface area contributed by atoms with Gasteiger partial charge in [0.1, 0.15) is 12.3 Å². The fourth-order valence-corrected chi connectivity index (χ4v) is 3.07. The van der Waals surface area contributed by atoms with E-state index in [9.17, 15) is 14.4 Å². The van der Waals surface area contributed by atoms with Crippen LogP contribution in [0.3, 0.4) is 0 Å². The van der Waals surface area contributed by atoms with E-state index < -0.39 is 17.9 Å². The molecular formula is C22H22N2O6. The Kier molecular flexibility index (Phi) is 6.36. The predicted molar refractivity (Wildman–Crippen MR) is 109 cm³/mol. The van der Waals surface area contributed by atoms with Gasteiger partial charge >= 0.3 is 12.0 Å². The average Bonchev–Trinajstić information content (AvgIpc) is 3.00. The van der Waals surface area contributed by atoms with Crippen LogP contribution in [0, 0.1) is 0 Å². The van der Waals surface area contributed by atoms with Gasteiger partial charge in [-0.1, -0.05) is 31.2 Å². The molecule has 0 unspecified atom stereocenters. The highest BCUT2D eigenvalue weighted by Crippen LogP contribution is 2.33. The second kappa shape index (κ2) is 9.13. The van der Waals surface area contributed by atoms with Gasteiger partial charge in [-0.05, 0) is 36.3 Å². The first kappa shape index (κ1) is 20.9. The Hall–Kier alpha value is -3.81. The van der Waals surface area contributed by atoms with Gasteiger partial charge in [-0.15, -0.1) is 0 Å². The lowest BCUT2D eigenvalue weighted by atomic mass is 10.1. The maximum atomic E-state index is 12.5. The van der Waals surface area contributed by atoms with Gasteiger partial charge in [-0.2, -0.15) is 0 Å². The minimum atomic E-state index is -1.02. The molecule has 0 bridgehead atoms. The van der Waals surface area contributed by atoms with Crippen molar-refractivity contribution < 1.29 is 29.0 Å². The van der Waals surface area contributed by atoms with Crippen LogP contribution in [0.1, 0.15) is 34.8 Å². The molecule has 2 aromatic rings. The van der Waals surface area contributed by atoms with Crippen molar-refractivity contribution in [3.05, 3.63) is 64.9 Å². The zero-order valence-electron chi connectivity index (χ0n) is 16.7. The first-order valence-electron chi connectivity index (χ1n) is 9.41. The van der Waals surface area contributed by atoms with Crippen LogP contribution < -0.4 is 14.8 Å². The number of ether oxygens (including phenoxy) is 2. The van der Waals surface area contributed by atoms with Crippen molar-refractivity contribution in [2.24, 2.45) is 0 Å². The van der Waals surface area contributed by atoms with E-state index in [1.54, 1.807) is 36.4 Å². The zero-order valence-corrected chi connectivity index (χ0v) is 16.7. The van der Waals surface area contributed by atoms with Crippen molar-refractivity contribution in [1.29, 1.82) is 0 Å². The first-order chi connectivity index (χ1) is 14.4. The highest BCUT2D eigenvalue weighted by atomic mass is 16.5. The minimum Gasteiger partial charge on any atom is -0.493 e. The number of rotatable bonds is 8. The Morgan fingerprint density at radius 3 is 2.67 bits per heavy atom. The molecule has 8 heteroatoms. The molecule has 1 aliphatic heterocycles. The van der Waals surface area contributed by atoms with E-state index >= 15 is 0 Å². The van der Waals surface area contributed by atoms with Crippen molar-refractivity contribution in [2.75, 3.05) is 13.7 Å². The molecule has 2 aromatic carbocycles. The van der Waals surface area contributed by atoms with E-state index in [2.05, 4.69) is 5.32 Å². The van der Waals surface area contributed by atoms with E-state index in [0.717, 1.165) is 4.90 Å². The molecule has 0 atom stereocenters. The van der Waals surface area contributed by atoms with Gasteiger partial charge in [0, 0.05) is 12.1 Å². The lowest BCUT2D eigenvalue weighted by Gasteiger charge is -2.14. The number of imide groups is 1. The van der Waals surface area contributed by atoms with Gasteiger partial charge in [0.05, 0.1) is 12.7 Å². The molecule has 3 amide bonds. The molecule has 2 N–H and O–H groups in total. The summed E-state index contributed by atoms with van der Waals surface area (Å²) in [6.07, 6.45) is 2.21. The predicted octanol–water partition coefficient (Wildman–Crippen LogP) is 3.28. The van der Waals surface area contributed by atoms with Crippen molar-refractivity contribution >= 4 is 24.0 Å². The monoisotopic (exact) mass is 410 g/mol. The number of hydrogen-bond donors (Lipinski definition) is 2. The number of benzene rings is 2. The van der Waals surface area contributed by atoms with Gasteiger partial charge in [0.25, 0.3) is 5.91 Å². The number of carbonyl (C=O) groups excluding carboxylic acids is 2. The Labute approximate surface area is 173 Å². The third-order valence-electron chi connectivity index (χ3n) is 4.50. The van der Waals surface area contributed by atoms with Crippen LogP contribution >= 0.6 is 0 Å². The number of hydrogen-bond acceptors (Lipinski definition) is 5. The smallest absolute Gasteiger partial charge is 0.335 e. The molecule has 1 heterocycles. The lowest BCUT2D eigenvalue weighted by molar-refractivity contribution is -0.122. The summed E-state index contributed by atoms with van der Waals surface area (Å²) in [5, 5.41) is 11.7. The summed E-state index contributed by atoms with van der Waals surface area (Å²) in [6.45, 7) is 2.32. The van der Waals surface area contributed by atoms with E-state index in [1.165, 1.54) is 19.2 Å². The molecule has 0 aliphatic carbocycles. The summed E-state index contributed by atoms with van der Waals surface area (Å²) in [4.78, 5) is 36.9. The maximum absolute atomic E-state index is 12.5. The molecule has 1 saturated heterocycles. The molecule has 8 nitrogen and oxygen atoms in total. The SMILES string of the molecule is CCCN1C(=O)N/C(=C/c2cccc(OC)c2OCc2cccc(C(=O)O)c2)C1=O. The third kappa shape index (κ3) is 4.43. The second-order valence-corrected chi connectivity index (χ2v) is 6.62. The fourth-order valence-electron chi connectivity index (χ4n) is 3.07. The maximum Gasteiger partial charge on any atom is 0.335 e. The number of para-hydroxylation sites is 1. The highest BCUT2D eigenvalue weighted by molar-refractivity contribution is 6.14. The van der Waals surface area contributed by atoms with Gasteiger partial charge in [0.15, 0.2) is 11.5 Å². The lowest BCUT2D eigenvalue weighted by Crippen LogP contribution is -2.31. The van der Waals surface area contributed by atoms with E-state index in [1.807, 2.05) is 6.92 Å². The van der Waals surface area contributed by atoms with Crippen molar-refractivity contribution in [2.45, 2.75) is 20.0 Å². The molecule has 1 aliphatic rings. The molecule has 0 radical (unpaired) electrons. The number of urea groups is 1. The van der Waals surface area contributed by atoms with Crippen LogP contribution in [-0.2, 0) is 11.4 Å². The van der Waals surface area contributed by atoms with Gasteiger partial charge in [0.2, 0.25) is 0 Å². The summed E-state index contributed by atoms with van der Waals surface area (Å²) in [5.74, 6) is -0.596. The van der Waals surface area contributed by atoms with E-state index in [4.69, 9.17) is 14.6 Å². The minimum absolute atomic E-state index is 0.0972. The molecule has 0 spiro atoms. The van der Waals surface area contributed by atoms with Crippen molar-refractivity contribution in [3.8, 4) is 11.5 Å². The quantitative estimate of drug-likeness (QED) is 0.511. The van der Waals surface area contributed by atoms with E-state index in [-0.39, 0.29) is 17.9 Å². The number of methoxy groups -OCH3 is 1. The summed E-state index contributed by atoms with van der Waals surface area (Å²) in [6, 6.07) is 11.2. The fraction of sp³-hybridized carbons (Fsp3) is 0.227. The number of nitrogens with one attached hydrogen (secondary N) is 1. The topological polar surface area (TPSA) is 105 Å². The average molecular weight is 410 g/mol. The van der Waals surface area contributed by atoms with Crippen LogP contribution in [0.4, 0.5) is 4.79 Å². The summed E-state index contributed by atoms with van der Waals surface area (Å²) < 4.78 is 11.3. The van der Waals surface area contributed by atoms with Crippen LogP contribution in [0.2, 0.25) is 0 Å². The molecule has 0 saturated carbocycles. The Balaban J connectivity index is 1.89. The van der Waals surface area contributed by atoms with Crippen LogP contribution in [0.5, 0.6) is 11.5 Å². The summed E-state index contributed by atoms with van der Waals surface area (Å²) in [7, 11) is 1.50. The molecule has 0 aromatic heterocycles. The number of nitrogens with zero attached hydrogens (tertiary/aromatic N) is 1. The number of carbonyl (C=O) groups is 3. The van der Waals surface area contributed by atoms with Crippen molar-refractivity contribution in [1.82, 2.24) is 10.2 Å². The summed E-state index contributed by atoms with van der Waals surface area (Å²) in [5.41, 5.74) is 1.53. The molecule has 1 fully saturated rings. The second-order valence-electron chi connectivity index (χ2n) is 6.62. The molecule has 3 rings (SSSR count). The van der Waals surface area contributed by atoms with Gasteiger partial charge < -0.3 is 19.9 Å². The Morgan fingerprint density at radius 2 is 1.97 bits per heavy atom. The van der Waals surface area contributed by atoms with E-state index in [0.29, 0.717) is 35.6 Å². The number of aromatic carboxylic acids is 1.